The van der Waals surface area contributed by atoms with Crippen molar-refractivity contribution in [3.05, 3.63) is 63.3 Å². The Morgan fingerprint density at radius 1 is 1.12 bits per heavy atom. The first-order valence-corrected chi connectivity index (χ1v) is 17.6. The van der Waals surface area contributed by atoms with Gasteiger partial charge in [-0.25, -0.2) is 18.1 Å². The molecule has 234 valence electrons. The van der Waals surface area contributed by atoms with Gasteiger partial charge in [-0.15, -0.1) is 0 Å². The van der Waals surface area contributed by atoms with E-state index in [2.05, 4.69) is 51.7 Å². The lowest BCUT2D eigenvalue weighted by Crippen LogP contribution is -2.48. The minimum atomic E-state index is -2.92. The van der Waals surface area contributed by atoms with Gasteiger partial charge in [0.05, 0.1) is 11.9 Å². The lowest BCUT2D eigenvalue weighted by molar-refractivity contribution is 0.0893. The molecule has 0 aliphatic carbocycles. The highest BCUT2D eigenvalue weighted by molar-refractivity contribution is 7.90. The molecular weight excluding hydrogens is 562 g/mol. The second-order valence-corrected chi connectivity index (χ2v) is 15.1. The molecule has 0 radical (unpaired) electrons. The second kappa shape index (κ2) is 12.9. The first-order valence-electron chi connectivity index (χ1n) is 15.5. The maximum absolute atomic E-state index is 12.6. The Morgan fingerprint density at radius 3 is 2.44 bits per heavy atom. The molecule has 2 N–H and O–H groups in total. The Kier molecular flexibility index (Phi) is 9.43. The second-order valence-electron chi connectivity index (χ2n) is 12.8. The van der Waals surface area contributed by atoms with Crippen LogP contribution >= 0.6 is 0 Å². The van der Waals surface area contributed by atoms with Gasteiger partial charge in [0.15, 0.2) is 5.65 Å². The van der Waals surface area contributed by atoms with Gasteiger partial charge >= 0.3 is 0 Å². The Balaban J connectivity index is 1.28. The average molecular weight is 610 g/mol. The summed E-state index contributed by atoms with van der Waals surface area (Å²) in [7, 11) is -2.92. The van der Waals surface area contributed by atoms with Gasteiger partial charge in [0, 0.05) is 70.9 Å². The number of nitrogens with zero attached hydrogens (tertiary/aromatic N) is 5. The van der Waals surface area contributed by atoms with E-state index in [0.29, 0.717) is 30.6 Å². The van der Waals surface area contributed by atoms with Crippen LogP contribution in [-0.4, -0.2) is 88.7 Å². The molecule has 0 unspecified atom stereocenters. The fourth-order valence-electron chi connectivity index (χ4n) is 6.63. The highest BCUT2D eigenvalue weighted by Gasteiger charge is 2.30. The first kappa shape index (κ1) is 31.4. The molecule has 0 amide bonds. The van der Waals surface area contributed by atoms with Crippen molar-refractivity contribution in [1.82, 2.24) is 34.9 Å². The normalized spacial score (nSPS) is 18.1. The van der Waals surface area contributed by atoms with Crippen LogP contribution in [0.1, 0.15) is 79.6 Å². The van der Waals surface area contributed by atoms with Crippen LogP contribution in [0.4, 0.5) is 0 Å². The average Bonchev–Trinajstić information content (AvgIpc) is 3.39. The van der Waals surface area contributed by atoms with E-state index in [9.17, 15) is 13.2 Å². The molecule has 2 fully saturated rings. The zero-order valence-corrected chi connectivity index (χ0v) is 27.1. The number of rotatable bonds is 10. The SMILES string of the molecule is C=C(NCc1c(C)cc(C)[nH]c1=O)c1cc(C2CCN(C3CCN(CCS(C)(=O)=O)CC3)CC2)nc2c1cnn2C(C)C. The highest BCUT2D eigenvalue weighted by Crippen LogP contribution is 2.34. The summed E-state index contributed by atoms with van der Waals surface area (Å²) in [6, 6.07) is 4.90. The number of aryl methyl sites for hydroxylation is 2. The van der Waals surface area contributed by atoms with E-state index < -0.39 is 9.84 Å². The van der Waals surface area contributed by atoms with E-state index in [1.807, 2.05) is 30.8 Å². The van der Waals surface area contributed by atoms with Gasteiger partial charge in [-0.2, -0.15) is 5.10 Å². The third kappa shape index (κ3) is 7.38. The standard InChI is InChI=1S/C32H47N7O3S/c1-21(2)39-31-29(20-34-39)27(24(5)33-19-28-22(3)17-23(4)35-32(28)40)18-30(36-31)25-7-13-38(14-8-25)26-9-11-37(12-10-26)15-16-43(6,41)42/h17-18,20-21,25-26,33H,5,7-16,19H2,1-4,6H3,(H,35,40). The summed E-state index contributed by atoms with van der Waals surface area (Å²) < 4.78 is 25.1. The number of sulfone groups is 1. The van der Waals surface area contributed by atoms with Crippen molar-refractivity contribution in [3.8, 4) is 0 Å². The van der Waals surface area contributed by atoms with Crippen molar-refractivity contribution in [1.29, 1.82) is 0 Å². The Morgan fingerprint density at radius 2 is 1.81 bits per heavy atom. The summed E-state index contributed by atoms with van der Waals surface area (Å²) in [5.41, 5.74) is 6.15. The predicted octanol–water partition coefficient (Wildman–Crippen LogP) is 3.77. The molecule has 2 aliphatic heterocycles. The van der Waals surface area contributed by atoms with E-state index in [1.54, 1.807) is 0 Å². The van der Waals surface area contributed by atoms with E-state index >= 15 is 0 Å². The van der Waals surface area contributed by atoms with E-state index in [1.165, 1.54) is 6.26 Å². The zero-order chi connectivity index (χ0) is 30.9. The van der Waals surface area contributed by atoms with Gasteiger partial charge in [-0.1, -0.05) is 6.58 Å². The van der Waals surface area contributed by atoms with Gasteiger partial charge in [-0.3, -0.25) is 4.79 Å². The Labute approximate surface area is 255 Å². The van der Waals surface area contributed by atoms with E-state index in [0.717, 1.165) is 91.1 Å². The maximum atomic E-state index is 12.6. The number of aromatic nitrogens is 4. The van der Waals surface area contributed by atoms with Gasteiger partial charge in [0.25, 0.3) is 5.56 Å². The minimum Gasteiger partial charge on any atom is -0.381 e. The fraction of sp³-hybridized carbons (Fsp3) is 0.594. The minimum absolute atomic E-state index is 0.0719. The molecule has 2 saturated heterocycles. The number of likely N-dealkylation sites (tertiary alicyclic amines) is 2. The van der Waals surface area contributed by atoms with Crippen LogP contribution in [0.2, 0.25) is 0 Å². The Hall–Kier alpha value is -3.02. The van der Waals surface area contributed by atoms with Crippen LogP contribution in [0, 0.1) is 13.8 Å². The number of hydrogen-bond acceptors (Lipinski definition) is 8. The molecule has 2 aliphatic rings. The number of H-pyrrole nitrogens is 1. The van der Waals surface area contributed by atoms with Gasteiger partial charge in [0.1, 0.15) is 9.84 Å². The van der Waals surface area contributed by atoms with Crippen molar-refractivity contribution < 1.29 is 8.42 Å². The van der Waals surface area contributed by atoms with Gasteiger partial charge < -0.3 is 20.1 Å². The van der Waals surface area contributed by atoms with Crippen LogP contribution in [0.25, 0.3) is 16.7 Å². The molecule has 0 atom stereocenters. The van der Waals surface area contributed by atoms with Crippen molar-refractivity contribution in [2.45, 2.75) is 77.9 Å². The predicted molar refractivity (Wildman–Crippen MR) is 173 cm³/mol. The van der Waals surface area contributed by atoms with Crippen LogP contribution < -0.4 is 10.9 Å². The third-order valence-corrected chi connectivity index (χ3v) is 10.1. The molecule has 3 aromatic rings. The molecule has 43 heavy (non-hydrogen) atoms. The number of nitrogens with one attached hydrogen (secondary N) is 2. The van der Waals surface area contributed by atoms with E-state index in [-0.39, 0.29) is 17.4 Å². The number of fused-ring (bicyclic) bond motifs is 1. The lowest BCUT2D eigenvalue weighted by Gasteiger charge is -2.41. The summed E-state index contributed by atoms with van der Waals surface area (Å²) in [6.45, 7) is 17.5. The topological polar surface area (TPSA) is 116 Å². The summed E-state index contributed by atoms with van der Waals surface area (Å²) in [4.78, 5) is 25.6. The molecule has 0 saturated carbocycles. The number of pyridine rings is 2. The van der Waals surface area contributed by atoms with Crippen molar-refractivity contribution in [2.75, 3.05) is 44.7 Å². The maximum Gasteiger partial charge on any atom is 0.253 e. The Bertz CT molecular complexity index is 1630. The summed E-state index contributed by atoms with van der Waals surface area (Å²) in [6.07, 6.45) is 7.45. The van der Waals surface area contributed by atoms with Crippen molar-refractivity contribution >= 4 is 26.6 Å². The largest absolute Gasteiger partial charge is 0.381 e. The smallest absolute Gasteiger partial charge is 0.253 e. The number of hydrogen-bond donors (Lipinski definition) is 2. The molecule has 5 heterocycles. The van der Waals surface area contributed by atoms with Crippen LogP contribution in [0.5, 0.6) is 0 Å². The molecule has 3 aromatic heterocycles. The van der Waals surface area contributed by atoms with Crippen LogP contribution in [0.3, 0.4) is 0 Å². The molecule has 5 rings (SSSR count). The first-order chi connectivity index (χ1) is 20.4. The van der Waals surface area contributed by atoms with E-state index in [4.69, 9.17) is 4.98 Å². The van der Waals surface area contributed by atoms with Gasteiger partial charge in [-0.05, 0) is 97.3 Å². The highest BCUT2D eigenvalue weighted by atomic mass is 32.2. The van der Waals surface area contributed by atoms with Crippen LogP contribution in [-0.2, 0) is 16.4 Å². The third-order valence-electron chi connectivity index (χ3n) is 9.17. The summed E-state index contributed by atoms with van der Waals surface area (Å²) in [5, 5.41) is 9.06. The molecule has 0 aromatic carbocycles. The molecule has 0 bridgehead atoms. The summed E-state index contributed by atoms with van der Waals surface area (Å²) in [5.74, 6) is 0.587. The molecule has 11 heteroatoms. The lowest BCUT2D eigenvalue weighted by atomic mass is 9.89. The number of aromatic amines is 1. The quantitative estimate of drug-likeness (QED) is 0.357. The van der Waals surface area contributed by atoms with Crippen molar-refractivity contribution in [2.24, 2.45) is 0 Å². The fourth-order valence-corrected chi connectivity index (χ4v) is 7.22. The summed E-state index contributed by atoms with van der Waals surface area (Å²) >= 11 is 0. The van der Waals surface area contributed by atoms with Gasteiger partial charge in [0.2, 0.25) is 0 Å². The molecular formula is C32H47N7O3S. The monoisotopic (exact) mass is 609 g/mol. The van der Waals surface area contributed by atoms with Crippen molar-refractivity contribution in [3.63, 3.8) is 0 Å². The molecule has 0 spiro atoms. The molecule has 10 nitrogen and oxygen atoms in total. The number of piperidine rings is 2. The van der Waals surface area contributed by atoms with Crippen LogP contribution in [0.15, 0.2) is 29.7 Å². The zero-order valence-electron chi connectivity index (χ0n) is 26.3.